The Bertz CT molecular complexity index is 1980. The van der Waals surface area contributed by atoms with Crippen LogP contribution in [0.4, 0.5) is 0 Å². The van der Waals surface area contributed by atoms with Crippen molar-refractivity contribution >= 4 is 15.9 Å². The molecule has 3 aliphatic rings. The summed E-state index contributed by atoms with van der Waals surface area (Å²) < 4.78 is 1.15. The fourth-order valence-electron chi connectivity index (χ4n) is 8.24. The van der Waals surface area contributed by atoms with Gasteiger partial charge in [-0.1, -0.05) is 149 Å². The van der Waals surface area contributed by atoms with E-state index in [2.05, 4.69) is 155 Å². The number of fused-ring (bicyclic) bond motifs is 12. The molecule has 0 fully saturated rings. The van der Waals surface area contributed by atoms with Gasteiger partial charge in [0.05, 0.1) is 10.8 Å². The second kappa shape index (κ2) is 7.46. The molecule has 3 aliphatic carbocycles. The SMILES string of the molecule is Brc1cccc2c1-c1ccccc1C21c2ccccc2C2(c3ccccc3)c3ccccc3-c3cccc1c32. The number of rotatable bonds is 1. The van der Waals surface area contributed by atoms with Gasteiger partial charge in [0.15, 0.2) is 0 Å². The summed E-state index contributed by atoms with van der Waals surface area (Å²) in [6.45, 7) is 0. The van der Waals surface area contributed by atoms with Crippen LogP contribution in [0.3, 0.4) is 0 Å². The van der Waals surface area contributed by atoms with Crippen LogP contribution in [0.15, 0.2) is 144 Å². The minimum absolute atomic E-state index is 0.380. The summed E-state index contributed by atoms with van der Waals surface area (Å²) in [7, 11) is 0. The van der Waals surface area contributed by atoms with Crippen molar-refractivity contribution in [2.75, 3.05) is 0 Å². The van der Waals surface area contributed by atoms with Crippen LogP contribution in [0.25, 0.3) is 22.3 Å². The van der Waals surface area contributed by atoms with Gasteiger partial charge in [-0.25, -0.2) is 0 Å². The van der Waals surface area contributed by atoms with Crippen molar-refractivity contribution in [3.8, 4) is 22.3 Å². The van der Waals surface area contributed by atoms with E-state index in [1.54, 1.807) is 0 Å². The maximum Gasteiger partial charge on any atom is 0.0720 e. The van der Waals surface area contributed by atoms with Crippen LogP contribution in [0.1, 0.15) is 44.5 Å². The Morgan fingerprint density at radius 1 is 0.359 bits per heavy atom. The van der Waals surface area contributed by atoms with E-state index in [1.807, 2.05) is 0 Å². The summed E-state index contributed by atoms with van der Waals surface area (Å²) in [5, 5.41) is 0. The number of halogens is 1. The molecular weight excluding hydrogens is 536 g/mol. The molecule has 0 nitrogen and oxygen atoms in total. The topological polar surface area (TPSA) is 0 Å². The zero-order valence-corrected chi connectivity index (χ0v) is 22.7. The van der Waals surface area contributed by atoms with E-state index < -0.39 is 5.41 Å². The minimum atomic E-state index is -0.405. The molecule has 39 heavy (non-hydrogen) atoms. The first kappa shape index (κ1) is 21.7. The third kappa shape index (κ3) is 2.34. The van der Waals surface area contributed by atoms with E-state index >= 15 is 0 Å². The molecule has 0 heterocycles. The van der Waals surface area contributed by atoms with E-state index in [4.69, 9.17) is 0 Å². The minimum Gasteiger partial charge on any atom is -0.0622 e. The highest BCUT2D eigenvalue weighted by molar-refractivity contribution is 9.10. The zero-order valence-electron chi connectivity index (χ0n) is 21.2. The lowest BCUT2D eigenvalue weighted by atomic mass is 9.52. The zero-order chi connectivity index (χ0) is 25.8. The average molecular weight is 560 g/mol. The first-order chi connectivity index (χ1) is 19.3. The van der Waals surface area contributed by atoms with Crippen LogP contribution in [-0.2, 0) is 10.8 Å². The molecule has 0 aromatic heterocycles. The normalized spacial score (nSPS) is 20.6. The molecule has 0 amide bonds. The molecule has 182 valence electrons. The van der Waals surface area contributed by atoms with E-state index in [0.29, 0.717) is 0 Å². The smallest absolute Gasteiger partial charge is 0.0622 e. The summed E-state index contributed by atoms with van der Waals surface area (Å²) in [6.07, 6.45) is 0. The summed E-state index contributed by atoms with van der Waals surface area (Å²) >= 11 is 3.96. The van der Waals surface area contributed by atoms with Crippen molar-refractivity contribution in [1.29, 1.82) is 0 Å². The molecule has 6 aromatic carbocycles. The Balaban J connectivity index is 1.57. The van der Waals surface area contributed by atoms with Gasteiger partial charge in [0.25, 0.3) is 0 Å². The molecule has 0 aliphatic heterocycles. The Kier molecular flexibility index (Phi) is 4.15. The predicted octanol–water partition coefficient (Wildman–Crippen LogP) is 9.49. The van der Waals surface area contributed by atoms with Crippen molar-refractivity contribution in [2.45, 2.75) is 10.8 Å². The van der Waals surface area contributed by atoms with Gasteiger partial charge in [0.2, 0.25) is 0 Å². The second-order valence-electron chi connectivity index (χ2n) is 10.9. The summed E-state index contributed by atoms with van der Waals surface area (Å²) in [4.78, 5) is 0. The van der Waals surface area contributed by atoms with Crippen molar-refractivity contribution in [3.05, 3.63) is 189 Å². The standard InChI is InChI=1S/C38H23Br/c39-34-23-11-21-32-35(34)27-15-5-7-18-29(27)38(32)31-20-9-8-19-30(31)37(24-12-2-1-3-13-24)28-17-6-4-14-25(28)26-16-10-22-33(38)36(26)37/h1-23H. The van der Waals surface area contributed by atoms with Crippen LogP contribution >= 0.6 is 15.9 Å². The van der Waals surface area contributed by atoms with Crippen molar-refractivity contribution < 1.29 is 0 Å². The quantitative estimate of drug-likeness (QED) is 0.188. The maximum atomic E-state index is 3.96. The van der Waals surface area contributed by atoms with E-state index in [1.165, 1.54) is 66.8 Å². The molecular formula is C38H23Br. The summed E-state index contributed by atoms with van der Waals surface area (Å²) in [5.41, 5.74) is 15.5. The maximum absolute atomic E-state index is 3.96. The summed E-state index contributed by atoms with van der Waals surface area (Å²) in [6, 6.07) is 52.3. The van der Waals surface area contributed by atoms with Gasteiger partial charge in [-0.15, -0.1) is 0 Å². The molecule has 0 radical (unpaired) electrons. The van der Waals surface area contributed by atoms with Gasteiger partial charge in [-0.05, 0) is 67.3 Å². The fourth-order valence-corrected chi connectivity index (χ4v) is 8.82. The molecule has 1 heteroatoms. The van der Waals surface area contributed by atoms with Gasteiger partial charge in [0, 0.05) is 10.0 Å². The lowest BCUT2D eigenvalue weighted by Crippen LogP contribution is -2.43. The first-order valence-electron chi connectivity index (χ1n) is 13.6. The number of hydrogen-bond donors (Lipinski definition) is 0. The summed E-state index contributed by atoms with van der Waals surface area (Å²) in [5.74, 6) is 0. The molecule has 2 unspecified atom stereocenters. The van der Waals surface area contributed by atoms with E-state index in [0.717, 1.165) is 4.47 Å². The highest BCUT2D eigenvalue weighted by atomic mass is 79.9. The van der Waals surface area contributed by atoms with Gasteiger partial charge in [-0.3, -0.25) is 0 Å². The van der Waals surface area contributed by atoms with Gasteiger partial charge >= 0.3 is 0 Å². The van der Waals surface area contributed by atoms with Crippen LogP contribution < -0.4 is 0 Å². The Hall–Kier alpha value is -4.20. The Labute approximate surface area is 236 Å². The molecule has 0 saturated carbocycles. The fraction of sp³-hybridized carbons (Fsp3) is 0.0526. The lowest BCUT2D eigenvalue weighted by Gasteiger charge is -2.48. The average Bonchev–Trinajstić information content (AvgIpc) is 3.47. The Morgan fingerprint density at radius 2 is 0.872 bits per heavy atom. The van der Waals surface area contributed by atoms with E-state index in [-0.39, 0.29) is 5.41 Å². The van der Waals surface area contributed by atoms with Crippen molar-refractivity contribution in [1.82, 2.24) is 0 Å². The van der Waals surface area contributed by atoms with Crippen LogP contribution in [-0.4, -0.2) is 0 Å². The van der Waals surface area contributed by atoms with Gasteiger partial charge < -0.3 is 0 Å². The van der Waals surface area contributed by atoms with Gasteiger partial charge in [0.1, 0.15) is 0 Å². The molecule has 2 atom stereocenters. The second-order valence-corrected chi connectivity index (χ2v) is 11.7. The van der Waals surface area contributed by atoms with Gasteiger partial charge in [-0.2, -0.15) is 0 Å². The first-order valence-corrected chi connectivity index (χ1v) is 14.4. The van der Waals surface area contributed by atoms with E-state index in [9.17, 15) is 0 Å². The highest BCUT2D eigenvalue weighted by Crippen LogP contribution is 2.68. The molecule has 0 N–H and O–H groups in total. The monoisotopic (exact) mass is 558 g/mol. The van der Waals surface area contributed by atoms with Crippen LogP contribution in [0.2, 0.25) is 0 Å². The molecule has 1 spiro atoms. The molecule has 0 saturated heterocycles. The van der Waals surface area contributed by atoms with Crippen molar-refractivity contribution in [3.63, 3.8) is 0 Å². The third-order valence-corrected chi connectivity index (χ3v) is 10.1. The van der Waals surface area contributed by atoms with Crippen LogP contribution in [0.5, 0.6) is 0 Å². The molecule has 6 aromatic rings. The highest BCUT2D eigenvalue weighted by Gasteiger charge is 2.59. The lowest BCUT2D eigenvalue weighted by molar-refractivity contribution is 0.636. The molecule has 9 rings (SSSR count). The molecule has 0 bridgehead atoms. The predicted molar refractivity (Wildman–Crippen MR) is 162 cm³/mol. The Morgan fingerprint density at radius 3 is 1.64 bits per heavy atom. The van der Waals surface area contributed by atoms with Crippen molar-refractivity contribution in [2.24, 2.45) is 0 Å². The largest absolute Gasteiger partial charge is 0.0720 e. The number of hydrogen-bond acceptors (Lipinski definition) is 0. The third-order valence-electron chi connectivity index (χ3n) is 9.42. The van der Waals surface area contributed by atoms with Crippen LogP contribution in [0, 0.1) is 0 Å². The number of benzene rings is 6.